The third kappa shape index (κ3) is 4.12. The van der Waals surface area contributed by atoms with Crippen molar-refractivity contribution in [3.05, 3.63) is 17.7 Å². The van der Waals surface area contributed by atoms with Gasteiger partial charge in [0.1, 0.15) is 0 Å². The van der Waals surface area contributed by atoms with Crippen LogP contribution in [0.25, 0.3) is 0 Å². The van der Waals surface area contributed by atoms with E-state index in [9.17, 15) is 14.7 Å². The van der Waals surface area contributed by atoms with E-state index in [1.165, 1.54) is 0 Å². The number of amides is 1. The summed E-state index contributed by atoms with van der Waals surface area (Å²) in [6.45, 7) is 0.889. The molecule has 2 fully saturated rings. The number of aryl methyl sites for hydroxylation is 1. The molecule has 3 rings (SSSR count). The van der Waals surface area contributed by atoms with E-state index in [0.717, 1.165) is 18.4 Å². The minimum Gasteiger partial charge on any atom is -0.493 e. The van der Waals surface area contributed by atoms with Crippen LogP contribution in [0.15, 0.2) is 12.1 Å². The van der Waals surface area contributed by atoms with Crippen molar-refractivity contribution in [2.75, 3.05) is 34.4 Å². The highest BCUT2D eigenvalue weighted by molar-refractivity contribution is 5.79. The first-order valence-electron chi connectivity index (χ1n) is 9.28. The van der Waals surface area contributed by atoms with Crippen LogP contribution in [0.5, 0.6) is 17.2 Å². The molecule has 1 aromatic rings. The molecule has 7 heteroatoms. The Balaban J connectivity index is 1.64. The molecule has 1 aromatic carbocycles. The summed E-state index contributed by atoms with van der Waals surface area (Å²) >= 11 is 0. The van der Waals surface area contributed by atoms with Gasteiger partial charge < -0.3 is 24.2 Å². The second kappa shape index (κ2) is 8.06. The van der Waals surface area contributed by atoms with E-state index in [1.54, 1.807) is 26.2 Å². The number of carboxylic acids is 1. The number of rotatable bonds is 8. The molecule has 0 aromatic heterocycles. The standard InChI is InChI=1S/C20H27NO6/c1-25-16-8-12(9-17(26-2)19(16)27-3)4-7-18(22)21-10-14(13-5-6-13)15(11-21)20(23)24/h8-9,13-15H,4-7,10-11H2,1-3H3,(H,23,24)/t14-,15+/m1/s1. The molecule has 148 valence electrons. The predicted molar refractivity (Wildman–Crippen MR) is 98.3 cm³/mol. The predicted octanol–water partition coefficient (Wildman–Crippen LogP) is 2.21. The van der Waals surface area contributed by atoms with E-state index < -0.39 is 11.9 Å². The molecule has 1 aliphatic carbocycles. The zero-order chi connectivity index (χ0) is 19.6. The Hall–Kier alpha value is -2.44. The van der Waals surface area contributed by atoms with Gasteiger partial charge in [-0.3, -0.25) is 9.59 Å². The molecule has 1 N–H and O–H groups in total. The van der Waals surface area contributed by atoms with E-state index in [1.807, 2.05) is 12.1 Å². The molecule has 0 radical (unpaired) electrons. The quantitative estimate of drug-likeness (QED) is 0.748. The highest BCUT2D eigenvalue weighted by Crippen LogP contribution is 2.44. The van der Waals surface area contributed by atoms with Gasteiger partial charge in [0.05, 0.1) is 27.2 Å². The minimum atomic E-state index is -0.785. The van der Waals surface area contributed by atoms with Crippen molar-refractivity contribution in [2.45, 2.75) is 25.7 Å². The molecule has 7 nitrogen and oxygen atoms in total. The molecular weight excluding hydrogens is 350 g/mol. The number of carboxylic acid groups (broad SMARTS) is 1. The van der Waals surface area contributed by atoms with Gasteiger partial charge in [-0.25, -0.2) is 0 Å². The molecule has 1 aliphatic heterocycles. The Morgan fingerprint density at radius 1 is 1.07 bits per heavy atom. The van der Waals surface area contributed by atoms with Gasteiger partial charge in [0.2, 0.25) is 11.7 Å². The Morgan fingerprint density at radius 3 is 2.19 bits per heavy atom. The summed E-state index contributed by atoms with van der Waals surface area (Å²) in [6, 6.07) is 3.68. The monoisotopic (exact) mass is 377 g/mol. The molecule has 2 atom stereocenters. The fourth-order valence-corrected chi connectivity index (χ4v) is 3.99. The summed E-state index contributed by atoms with van der Waals surface area (Å²) < 4.78 is 16.0. The van der Waals surface area contributed by atoms with Crippen molar-refractivity contribution in [3.8, 4) is 17.2 Å². The Bertz CT molecular complexity index is 689. The number of methoxy groups -OCH3 is 3. The first-order chi connectivity index (χ1) is 13.0. The first-order valence-corrected chi connectivity index (χ1v) is 9.28. The van der Waals surface area contributed by atoms with Gasteiger partial charge >= 0.3 is 5.97 Å². The maximum absolute atomic E-state index is 12.7. The van der Waals surface area contributed by atoms with Gasteiger partial charge in [-0.2, -0.15) is 0 Å². The third-order valence-electron chi connectivity index (χ3n) is 5.61. The van der Waals surface area contributed by atoms with E-state index in [2.05, 4.69) is 0 Å². The van der Waals surface area contributed by atoms with Crippen molar-refractivity contribution in [1.29, 1.82) is 0 Å². The highest BCUT2D eigenvalue weighted by Gasteiger charge is 2.46. The van der Waals surface area contributed by atoms with Crippen LogP contribution in [0.2, 0.25) is 0 Å². The maximum atomic E-state index is 12.7. The van der Waals surface area contributed by atoms with Crippen LogP contribution >= 0.6 is 0 Å². The van der Waals surface area contributed by atoms with Gasteiger partial charge in [-0.1, -0.05) is 0 Å². The number of hydrogen-bond donors (Lipinski definition) is 1. The summed E-state index contributed by atoms with van der Waals surface area (Å²) in [6.07, 6.45) is 3.02. The van der Waals surface area contributed by atoms with Gasteiger partial charge in [-0.05, 0) is 48.8 Å². The molecule has 1 amide bonds. The number of carbonyl (C=O) groups excluding carboxylic acids is 1. The van der Waals surface area contributed by atoms with Gasteiger partial charge in [0.15, 0.2) is 11.5 Å². The average molecular weight is 377 g/mol. The van der Waals surface area contributed by atoms with Crippen molar-refractivity contribution in [2.24, 2.45) is 17.8 Å². The lowest BCUT2D eigenvalue weighted by molar-refractivity contribution is -0.142. The zero-order valence-corrected chi connectivity index (χ0v) is 16.1. The summed E-state index contributed by atoms with van der Waals surface area (Å²) in [5, 5.41) is 9.45. The fraction of sp³-hybridized carbons (Fsp3) is 0.600. The van der Waals surface area contributed by atoms with Crippen LogP contribution in [-0.2, 0) is 16.0 Å². The maximum Gasteiger partial charge on any atom is 0.308 e. The number of hydrogen-bond acceptors (Lipinski definition) is 5. The van der Waals surface area contributed by atoms with Crippen molar-refractivity contribution < 1.29 is 28.9 Å². The molecule has 27 heavy (non-hydrogen) atoms. The molecule has 1 saturated heterocycles. The zero-order valence-electron chi connectivity index (χ0n) is 16.1. The van der Waals surface area contributed by atoms with E-state index in [4.69, 9.17) is 14.2 Å². The minimum absolute atomic E-state index is 0.00171. The van der Waals surface area contributed by atoms with Crippen LogP contribution in [-0.4, -0.2) is 56.3 Å². The highest BCUT2D eigenvalue weighted by atomic mass is 16.5. The van der Waals surface area contributed by atoms with Crippen LogP contribution in [0, 0.1) is 17.8 Å². The van der Waals surface area contributed by atoms with Crippen LogP contribution in [0.4, 0.5) is 0 Å². The van der Waals surface area contributed by atoms with E-state index >= 15 is 0 Å². The first kappa shape index (κ1) is 19.3. The summed E-state index contributed by atoms with van der Waals surface area (Å²) in [5.41, 5.74) is 0.908. The summed E-state index contributed by atoms with van der Waals surface area (Å²) in [5.74, 6) is 0.992. The van der Waals surface area contributed by atoms with Crippen molar-refractivity contribution in [1.82, 2.24) is 4.90 Å². The summed E-state index contributed by atoms with van der Waals surface area (Å²) in [7, 11) is 4.66. The molecule has 0 spiro atoms. The molecule has 1 saturated carbocycles. The van der Waals surface area contributed by atoms with Gasteiger partial charge in [-0.15, -0.1) is 0 Å². The fourth-order valence-electron chi connectivity index (χ4n) is 3.99. The largest absolute Gasteiger partial charge is 0.493 e. The Morgan fingerprint density at radius 2 is 1.70 bits per heavy atom. The number of likely N-dealkylation sites (tertiary alicyclic amines) is 1. The van der Waals surface area contributed by atoms with Gasteiger partial charge in [0, 0.05) is 19.5 Å². The molecule has 0 bridgehead atoms. The molecule has 1 heterocycles. The summed E-state index contributed by atoms with van der Waals surface area (Å²) in [4.78, 5) is 25.9. The smallest absolute Gasteiger partial charge is 0.308 e. The lowest BCUT2D eigenvalue weighted by Crippen LogP contribution is -2.30. The van der Waals surface area contributed by atoms with E-state index in [0.29, 0.717) is 49.1 Å². The normalized spacial score (nSPS) is 21.8. The average Bonchev–Trinajstić information content (AvgIpc) is 3.42. The van der Waals surface area contributed by atoms with Crippen LogP contribution in [0.1, 0.15) is 24.8 Å². The second-order valence-corrected chi connectivity index (χ2v) is 7.28. The second-order valence-electron chi connectivity index (χ2n) is 7.28. The molecule has 2 aliphatic rings. The number of aliphatic carboxylic acids is 1. The molecule has 0 unspecified atom stereocenters. The van der Waals surface area contributed by atoms with Crippen LogP contribution in [0.3, 0.4) is 0 Å². The lowest BCUT2D eigenvalue weighted by Gasteiger charge is -2.17. The van der Waals surface area contributed by atoms with Crippen LogP contribution < -0.4 is 14.2 Å². The topological polar surface area (TPSA) is 85.3 Å². The van der Waals surface area contributed by atoms with Gasteiger partial charge in [0.25, 0.3) is 0 Å². The number of nitrogens with zero attached hydrogens (tertiary/aromatic N) is 1. The van der Waals surface area contributed by atoms with E-state index in [-0.39, 0.29) is 11.8 Å². The Kier molecular flexibility index (Phi) is 5.77. The van der Waals surface area contributed by atoms with Crippen molar-refractivity contribution >= 4 is 11.9 Å². The Labute approximate surface area is 159 Å². The number of carbonyl (C=O) groups is 2. The number of ether oxygens (including phenoxy) is 3. The molecular formula is C20H27NO6. The SMILES string of the molecule is COc1cc(CCC(=O)N2C[C@H](C(=O)O)[C@@H](C3CC3)C2)cc(OC)c1OC. The third-order valence-corrected chi connectivity index (χ3v) is 5.61. The number of benzene rings is 1. The van der Waals surface area contributed by atoms with Crippen molar-refractivity contribution in [3.63, 3.8) is 0 Å². The lowest BCUT2D eigenvalue weighted by atomic mass is 9.92.